The molecule has 0 aromatic heterocycles. The summed E-state index contributed by atoms with van der Waals surface area (Å²) in [6, 6.07) is 23.2. The van der Waals surface area contributed by atoms with Gasteiger partial charge in [0.1, 0.15) is 6.04 Å². The fourth-order valence-electron chi connectivity index (χ4n) is 4.96. The predicted octanol–water partition coefficient (Wildman–Crippen LogP) is 7.62. The zero-order valence-corrected chi connectivity index (χ0v) is 24.7. The summed E-state index contributed by atoms with van der Waals surface area (Å²) in [5, 5.41) is 4.17. The lowest BCUT2D eigenvalue weighted by Gasteiger charge is -2.33. The van der Waals surface area contributed by atoms with Gasteiger partial charge in [-0.1, -0.05) is 109 Å². The number of nitrogens with one attached hydrogen (secondary N) is 1. The third-order valence-corrected chi connectivity index (χ3v) is 8.90. The van der Waals surface area contributed by atoms with E-state index in [2.05, 4.69) is 36.5 Å². The Kier molecular flexibility index (Phi) is 11.2. The smallest absolute Gasteiger partial charge is 0.243 e. The lowest BCUT2D eigenvalue weighted by molar-refractivity contribution is -0.139. The minimum Gasteiger partial charge on any atom is -0.352 e. The first kappa shape index (κ1) is 29.5. The standard InChI is InChI=1S/C32H36Cl2N2O2S/c1-23-12-14-25(15-13-23)21-39-22-31(37)36(20-26-16-17-28(33)29(34)18-26)30(19-24-8-4-2-5-9-24)32(38)35-27-10-6-3-7-11-27/h2,4-5,8-9,12-18,27,30H,3,6-7,10-11,19-22H2,1H3,(H,35,38)/t30-/m0/s1. The maximum Gasteiger partial charge on any atom is 0.243 e. The van der Waals surface area contributed by atoms with Gasteiger partial charge in [-0.05, 0) is 48.6 Å². The molecule has 1 aliphatic rings. The van der Waals surface area contributed by atoms with Crippen LogP contribution in [-0.4, -0.2) is 34.6 Å². The SMILES string of the molecule is Cc1ccc(CSCC(=O)N(Cc2ccc(Cl)c(Cl)c2)[C@@H](Cc2ccccc2)C(=O)NC2CCCCC2)cc1. The zero-order chi connectivity index (χ0) is 27.6. The highest BCUT2D eigenvalue weighted by Crippen LogP contribution is 2.25. The number of rotatable bonds is 11. The molecule has 0 radical (unpaired) electrons. The van der Waals surface area contributed by atoms with Crippen molar-refractivity contribution in [2.45, 2.75) is 69.8 Å². The van der Waals surface area contributed by atoms with Crippen LogP contribution < -0.4 is 5.32 Å². The maximum absolute atomic E-state index is 13.8. The molecule has 4 rings (SSSR count). The average Bonchev–Trinajstić information content (AvgIpc) is 2.94. The minimum atomic E-state index is -0.642. The number of carbonyl (C=O) groups excluding carboxylic acids is 2. The Bertz CT molecular complexity index is 1230. The molecule has 1 fully saturated rings. The summed E-state index contributed by atoms with van der Waals surface area (Å²) in [7, 11) is 0. The van der Waals surface area contributed by atoms with Gasteiger partial charge >= 0.3 is 0 Å². The molecule has 0 unspecified atom stereocenters. The highest BCUT2D eigenvalue weighted by molar-refractivity contribution is 7.99. The molecule has 7 heteroatoms. The number of nitrogens with zero attached hydrogens (tertiary/aromatic N) is 1. The van der Waals surface area contributed by atoms with Crippen LogP contribution in [0.1, 0.15) is 54.4 Å². The molecule has 0 aliphatic heterocycles. The molecular weight excluding hydrogens is 547 g/mol. The minimum absolute atomic E-state index is 0.0714. The second kappa shape index (κ2) is 14.8. The van der Waals surface area contributed by atoms with E-state index in [4.69, 9.17) is 23.2 Å². The van der Waals surface area contributed by atoms with Gasteiger partial charge in [0.15, 0.2) is 0 Å². The Hall–Kier alpha value is -2.47. The van der Waals surface area contributed by atoms with Crippen LogP contribution in [0, 0.1) is 6.92 Å². The summed E-state index contributed by atoms with van der Waals surface area (Å²) in [5.74, 6) is 0.835. The number of hydrogen-bond acceptors (Lipinski definition) is 3. The summed E-state index contributed by atoms with van der Waals surface area (Å²) in [6.07, 6.45) is 5.86. The highest BCUT2D eigenvalue weighted by Gasteiger charge is 2.32. The van der Waals surface area contributed by atoms with E-state index in [0.29, 0.717) is 16.5 Å². The second-order valence-corrected chi connectivity index (χ2v) is 12.1. The average molecular weight is 584 g/mol. The van der Waals surface area contributed by atoms with Crippen molar-refractivity contribution in [3.05, 3.63) is 105 Å². The molecule has 0 bridgehead atoms. The van der Waals surface area contributed by atoms with E-state index in [1.165, 1.54) is 17.5 Å². The van der Waals surface area contributed by atoms with Gasteiger partial charge in [-0.2, -0.15) is 0 Å². The lowest BCUT2D eigenvalue weighted by Crippen LogP contribution is -2.53. The van der Waals surface area contributed by atoms with Crippen molar-refractivity contribution in [2.24, 2.45) is 0 Å². The van der Waals surface area contributed by atoms with Gasteiger partial charge in [-0.3, -0.25) is 9.59 Å². The third kappa shape index (κ3) is 9.02. The number of aryl methyl sites for hydroxylation is 1. The van der Waals surface area contributed by atoms with Crippen molar-refractivity contribution < 1.29 is 9.59 Å². The molecule has 0 spiro atoms. The molecule has 1 N–H and O–H groups in total. The fourth-order valence-corrected chi connectivity index (χ4v) is 6.15. The summed E-state index contributed by atoms with van der Waals surface area (Å²) < 4.78 is 0. The van der Waals surface area contributed by atoms with E-state index in [1.54, 1.807) is 28.8 Å². The van der Waals surface area contributed by atoms with Crippen molar-refractivity contribution in [2.75, 3.05) is 5.75 Å². The molecule has 1 atom stereocenters. The Morgan fingerprint density at radius 2 is 1.59 bits per heavy atom. The van der Waals surface area contributed by atoms with Gasteiger partial charge in [0.05, 0.1) is 15.8 Å². The third-order valence-electron chi connectivity index (χ3n) is 7.17. The van der Waals surface area contributed by atoms with Crippen molar-refractivity contribution >= 4 is 46.8 Å². The molecule has 4 nitrogen and oxygen atoms in total. The molecule has 39 heavy (non-hydrogen) atoms. The first-order valence-electron chi connectivity index (χ1n) is 13.6. The first-order valence-corrected chi connectivity index (χ1v) is 15.5. The summed E-state index contributed by atoms with van der Waals surface area (Å²) in [6.45, 7) is 2.34. The van der Waals surface area contributed by atoms with Crippen LogP contribution in [0.15, 0.2) is 72.8 Å². The number of benzene rings is 3. The van der Waals surface area contributed by atoms with E-state index in [0.717, 1.165) is 42.6 Å². The van der Waals surface area contributed by atoms with Gasteiger partial charge in [0.25, 0.3) is 0 Å². The van der Waals surface area contributed by atoms with E-state index in [1.807, 2.05) is 36.4 Å². The van der Waals surface area contributed by atoms with E-state index < -0.39 is 6.04 Å². The monoisotopic (exact) mass is 582 g/mol. The van der Waals surface area contributed by atoms with Crippen LogP contribution in [0.5, 0.6) is 0 Å². The molecular formula is C32H36Cl2N2O2S. The number of halogens is 2. The van der Waals surface area contributed by atoms with Gasteiger partial charge in [0, 0.05) is 24.8 Å². The number of amides is 2. The van der Waals surface area contributed by atoms with Crippen LogP contribution in [0.25, 0.3) is 0 Å². The normalized spacial score (nSPS) is 14.5. The number of carbonyl (C=O) groups is 2. The van der Waals surface area contributed by atoms with Crippen molar-refractivity contribution in [3.63, 3.8) is 0 Å². The molecule has 0 heterocycles. The van der Waals surface area contributed by atoms with Gasteiger partial charge in [-0.15, -0.1) is 11.8 Å². The summed E-state index contributed by atoms with van der Waals surface area (Å²) >= 11 is 14.1. The van der Waals surface area contributed by atoms with Crippen LogP contribution in [0.4, 0.5) is 0 Å². The van der Waals surface area contributed by atoms with Crippen molar-refractivity contribution in [1.29, 1.82) is 0 Å². The Morgan fingerprint density at radius 1 is 0.897 bits per heavy atom. The van der Waals surface area contributed by atoms with Crippen molar-refractivity contribution in [3.8, 4) is 0 Å². The van der Waals surface area contributed by atoms with Gasteiger partial charge in [-0.25, -0.2) is 0 Å². The largest absolute Gasteiger partial charge is 0.352 e. The van der Waals surface area contributed by atoms with Gasteiger partial charge < -0.3 is 10.2 Å². The summed E-state index contributed by atoms with van der Waals surface area (Å²) in [5.41, 5.74) is 4.23. The lowest BCUT2D eigenvalue weighted by atomic mass is 9.94. The van der Waals surface area contributed by atoms with E-state index in [-0.39, 0.29) is 30.2 Å². The van der Waals surface area contributed by atoms with E-state index in [9.17, 15) is 9.59 Å². The predicted molar refractivity (Wildman–Crippen MR) is 163 cm³/mol. The molecule has 2 amide bonds. The highest BCUT2D eigenvalue weighted by atomic mass is 35.5. The van der Waals surface area contributed by atoms with Crippen LogP contribution in [0.2, 0.25) is 10.0 Å². The molecule has 3 aromatic rings. The Labute approximate surface area is 246 Å². The molecule has 3 aromatic carbocycles. The Balaban J connectivity index is 1.57. The zero-order valence-electron chi connectivity index (χ0n) is 22.4. The van der Waals surface area contributed by atoms with Gasteiger partial charge in [0.2, 0.25) is 11.8 Å². The molecule has 206 valence electrons. The Morgan fingerprint density at radius 3 is 2.28 bits per heavy atom. The van der Waals surface area contributed by atoms with Crippen LogP contribution >= 0.6 is 35.0 Å². The van der Waals surface area contributed by atoms with Crippen LogP contribution in [0.3, 0.4) is 0 Å². The second-order valence-electron chi connectivity index (χ2n) is 10.3. The molecule has 1 saturated carbocycles. The van der Waals surface area contributed by atoms with Crippen LogP contribution in [-0.2, 0) is 28.3 Å². The molecule has 0 saturated heterocycles. The fraction of sp³-hybridized carbons (Fsp3) is 0.375. The topological polar surface area (TPSA) is 49.4 Å². The first-order chi connectivity index (χ1) is 18.9. The number of thioether (sulfide) groups is 1. The summed E-state index contributed by atoms with van der Waals surface area (Å²) in [4.78, 5) is 29.4. The quantitative estimate of drug-likeness (QED) is 0.253. The molecule has 1 aliphatic carbocycles. The maximum atomic E-state index is 13.8. The number of hydrogen-bond donors (Lipinski definition) is 1. The van der Waals surface area contributed by atoms with Crippen molar-refractivity contribution in [1.82, 2.24) is 10.2 Å². The van der Waals surface area contributed by atoms with E-state index >= 15 is 0 Å².